The fourth-order valence-corrected chi connectivity index (χ4v) is 4.09. The Morgan fingerprint density at radius 3 is 2.29 bits per heavy atom. The van der Waals surface area contributed by atoms with Gasteiger partial charge >= 0.3 is 0 Å². The standard InChI is InChI=1S/C21H25ClN6/c1-16(2)28-21(23-24-25-28)20(17-8-10-18(22)11-9-17)27-14-12-26(13-15-27)19-6-4-3-5-7-19/h3-11,16,20H,12-15H2,1-2H3/p+1/t20-/m1/s1. The summed E-state index contributed by atoms with van der Waals surface area (Å²) in [6.07, 6.45) is 0. The van der Waals surface area contributed by atoms with Crippen LogP contribution >= 0.6 is 11.6 Å². The van der Waals surface area contributed by atoms with Gasteiger partial charge in [-0.2, -0.15) is 0 Å². The van der Waals surface area contributed by atoms with Gasteiger partial charge in [-0.15, -0.1) is 5.10 Å². The predicted octanol–water partition coefficient (Wildman–Crippen LogP) is 2.40. The third kappa shape index (κ3) is 3.88. The number of para-hydroxylation sites is 1. The monoisotopic (exact) mass is 397 g/mol. The van der Waals surface area contributed by atoms with Gasteiger partial charge in [-0.25, -0.2) is 4.68 Å². The Bertz CT molecular complexity index is 885. The van der Waals surface area contributed by atoms with Crippen molar-refractivity contribution in [3.63, 3.8) is 0 Å². The molecule has 1 aliphatic heterocycles. The lowest BCUT2D eigenvalue weighted by Crippen LogP contribution is -3.15. The molecule has 7 heteroatoms. The Morgan fingerprint density at radius 2 is 1.64 bits per heavy atom. The molecule has 0 radical (unpaired) electrons. The van der Waals surface area contributed by atoms with Crippen LogP contribution in [0.5, 0.6) is 0 Å². The zero-order chi connectivity index (χ0) is 19.5. The van der Waals surface area contributed by atoms with Crippen molar-refractivity contribution < 1.29 is 4.90 Å². The molecule has 2 heterocycles. The zero-order valence-corrected chi connectivity index (χ0v) is 17.0. The van der Waals surface area contributed by atoms with Gasteiger partial charge in [0.15, 0.2) is 6.04 Å². The number of nitrogens with one attached hydrogen (secondary N) is 1. The largest absolute Gasteiger partial charge is 0.360 e. The molecular weight excluding hydrogens is 372 g/mol. The number of piperazine rings is 1. The van der Waals surface area contributed by atoms with Crippen molar-refractivity contribution in [2.75, 3.05) is 31.1 Å². The van der Waals surface area contributed by atoms with E-state index in [9.17, 15) is 0 Å². The van der Waals surface area contributed by atoms with Crippen LogP contribution in [0.2, 0.25) is 5.02 Å². The Morgan fingerprint density at radius 1 is 0.964 bits per heavy atom. The van der Waals surface area contributed by atoms with Crippen molar-refractivity contribution >= 4 is 17.3 Å². The topological polar surface area (TPSA) is 51.3 Å². The van der Waals surface area contributed by atoms with Gasteiger partial charge in [0.05, 0.1) is 32.2 Å². The summed E-state index contributed by atoms with van der Waals surface area (Å²) >= 11 is 6.14. The van der Waals surface area contributed by atoms with Gasteiger partial charge in [0, 0.05) is 16.3 Å². The molecule has 0 saturated carbocycles. The number of aromatic nitrogens is 4. The lowest BCUT2D eigenvalue weighted by atomic mass is 10.0. The van der Waals surface area contributed by atoms with Crippen LogP contribution in [-0.4, -0.2) is 46.4 Å². The normalized spacial score (nSPS) is 16.5. The summed E-state index contributed by atoms with van der Waals surface area (Å²) in [6, 6.07) is 19.0. The van der Waals surface area contributed by atoms with Gasteiger partial charge in [-0.1, -0.05) is 41.9 Å². The summed E-state index contributed by atoms with van der Waals surface area (Å²) in [5.74, 6) is 0.917. The van der Waals surface area contributed by atoms with Crippen molar-refractivity contribution in [1.82, 2.24) is 20.2 Å². The SMILES string of the molecule is CC(C)n1nnnc1[C@@H](c1ccc(Cl)cc1)[NH+]1CCN(c2ccccc2)CC1. The lowest BCUT2D eigenvalue weighted by molar-refractivity contribution is -0.927. The van der Waals surface area contributed by atoms with Crippen LogP contribution in [0.1, 0.15) is 37.3 Å². The van der Waals surface area contributed by atoms with Gasteiger partial charge in [0.1, 0.15) is 0 Å². The fourth-order valence-electron chi connectivity index (χ4n) is 3.96. The molecule has 1 N–H and O–H groups in total. The van der Waals surface area contributed by atoms with Gasteiger partial charge in [-0.05, 0) is 48.5 Å². The molecule has 1 aliphatic rings. The van der Waals surface area contributed by atoms with E-state index in [4.69, 9.17) is 11.6 Å². The van der Waals surface area contributed by atoms with Gasteiger partial charge in [0.2, 0.25) is 5.82 Å². The van der Waals surface area contributed by atoms with E-state index >= 15 is 0 Å². The second-order valence-corrected chi connectivity index (χ2v) is 7.98. The number of halogens is 1. The van der Waals surface area contributed by atoms with Crippen molar-refractivity contribution in [3.8, 4) is 0 Å². The van der Waals surface area contributed by atoms with Crippen molar-refractivity contribution in [3.05, 3.63) is 71.0 Å². The molecule has 0 aliphatic carbocycles. The Hall–Kier alpha value is -2.44. The quantitative estimate of drug-likeness (QED) is 0.718. The van der Waals surface area contributed by atoms with Crippen LogP contribution in [0.25, 0.3) is 0 Å². The van der Waals surface area contributed by atoms with E-state index in [1.807, 2.05) is 16.8 Å². The molecule has 0 spiro atoms. The fraction of sp³-hybridized carbons (Fsp3) is 0.381. The molecule has 28 heavy (non-hydrogen) atoms. The average Bonchev–Trinajstić information content (AvgIpc) is 3.21. The molecule has 1 aromatic heterocycles. The molecule has 0 amide bonds. The highest BCUT2D eigenvalue weighted by molar-refractivity contribution is 6.30. The van der Waals surface area contributed by atoms with Crippen LogP contribution in [0.3, 0.4) is 0 Å². The van der Waals surface area contributed by atoms with Gasteiger partial charge in [0.25, 0.3) is 0 Å². The molecule has 146 valence electrons. The molecule has 1 saturated heterocycles. The summed E-state index contributed by atoms with van der Waals surface area (Å²) in [5, 5.41) is 13.4. The van der Waals surface area contributed by atoms with E-state index in [1.54, 1.807) is 0 Å². The van der Waals surface area contributed by atoms with Gasteiger partial charge in [-0.3, -0.25) is 0 Å². The Kier molecular flexibility index (Phi) is 5.59. The van der Waals surface area contributed by atoms with Crippen LogP contribution < -0.4 is 9.80 Å². The van der Waals surface area contributed by atoms with Crippen LogP contribution in [0.15, 0.2) is 54.6 Å². The first-order valence-corrected chi connectivity index (χ1v) is 10.2. The lowest BCUT2D eigenvalue weighted by Gasteiger charge is -2.37. The molecular formula is C21H26ClN6+. The maximum absolute atomic E-state index is 6.14. The predicted molar refractivity (Wildman–Crippen MR) is 111 cm³/mol. The summed E-state index contributed by atoms with van der Waals surface area (Å²) in [5.41, 5.74) is 2.49. The summed E-state index contributed by atoms with van der Waals surface area (Å²) in [6.45, 7) is 8.28. The third-order valence-electron chi connectivity index (χ3n) is 5.40. The Balaban J connectivity index is 1.61. The number of rotatable bonds is 5. The van der Waals surface area contributed by atoms with Crippen LogP contribution in [-0.2, 0) is 0 Å². The number of nitrogens with zero attached hydrogens (tertiary/aromatic N) is 5. The highest BCUT2D eigenvalue weighted by atomic mass is 35.5. The van der Waals surface area contributed by atoms with Crippen molar-refractivity contribution in [2.24, 2.45) is 0 Å². The van der Waals surface area contributed by atoms with E-state index in [1.165, 1.54) is 16.2 Å². The maximum Gasteiger partial charge on any atom is 0.214 e. The van der Waals surface area contributed by atoms with Crippen molar-refractivity contribution in [2.45, 2.75) is 25.9 Å². The first-order valence-electron chi connectivity index (χ1n) is 9.81. The minimum Gasteiger partial charge on any atom is -0.360 e. The second kappa shape index (κ2) is 8.29. The minimum atomic E-state index is 0.0904. The number of quaternary nitrogens is 1. The van der Waals surface area contributed by atoms with Crippen molar-refractivity contribution in [1.29, 1.82) is 0 Å². The van der Waals surface area contributed by atoms with E-state index in [-0.39, 0.29) is 12.1 Å². The maximum atomic E-state index is 6.14. The summed E-state index contributed by atoms with van der Waals surface area (Å²) < 4.78 is 1.94. The number of benzene rings is 2. The molecule has 2 aromatic carbocycles. The third-order valence-corrected chi connectivity index (χ3v) is 5.66. The van der Waals surface area contributed by atoms with Gasteiger partial charge < -0.3 is 9.80 Å². The van der Waals surface area contributed by atoms with E-state index in [0.29, 0.717) is 0 Å². The van der Waals surface area contributed by atoms with E-state index < -0.39 is 0 Å². The molecule has 1 fully saturated rings. The molecule has 1 atom stereocenters. The second-order valence-electron chi connectivity index (χ2n) is 7.54. The summed E-state index contributed by atoms with van der Waals surface area (Å²) in [4.78, 5) is 3.93. The van der Waals surface area contributed by atoms with Crippen LogP contribution in [0, 0.1) is 0 Å². The molecule has 6 nitrogen and oxygen atoms in total. The highest BCUT2D eigenvalue weighted by Gasteiger charge is 2.34. The first-order chi connectivity index (χ1) is 13.6. The number of tetrazole rings is 1. The zero-order valence-electron chi connectivity index (χ0n) is 16.3. The molecule has 3 aromatic rings. The highest BCUT2D eigenvalue weighted by Crippen LogP contribution is 2.22. The molecule has 4 rings (SSSR count). The number of hydrogen-bond acceptors (Lipinski definition) is 4. The average molecular weight is 398 g/mol. The van der Waals surface area contributed by atoms with E-state index in [2.05, 4.69) is 76.7 Å². The minimum absolute atomic E-state index is 0.0904. The van der Waals surface area contributed by atoms with Crippen LogP contribution in [0.4, 0.5) is 5.69 Å². The molecule has 0 unspecified atom stereocenters. The number of anilines is 1. The smallest absolute Gasteiger partial charge is 0.214 e. The molecule has 0 bridgehead atoms. The van der Waals surface area contributed by atoms with E-state index in [0.717, 1.165) is 37.0 Å². The summed E-state index contributed by atoms with van der Waals surface area (Å²) in [7, 11) is 0. The first kappa shape index (κ1) is 18.9. The Labute approximate surface area is 170 Å². The number of hydrogen-bond donors (Lipinski definition) is 1.